The minimum atomic E-state index is -3.09. The first-order chi connectivity index (χ1) is 11.6. The van der Waals surface area contributed by atoms with E-state index in [9.17, 15) is 8.42 Å². The van der Waals surface area contributed by atoms with Crippen molar-refractivity contribution in [2.75, 3.05) is 32.5 Å². The molecule has 0 saturated carbocycles. The highest BCUT2D eigenvalue weighted by atomic mass is 32.2. The number of likely N-dealkylation sites (tertiary alicyclic amines) is 1. The Morgan fingerprint density at radius 3 is 2.28 bits per heavy atom. The molecule has 1 aliphatic rings. The highest BCUT2D eigenvalue weighted by Crippen LogP contribution is 2.24. The molecule has 1 heterocycles. The van der Waals surface area contributed by atoms with Gasteiger partial charge in [-0.05, 0) is 55.5 Å². The number of rotatable bonds is 7. The Hall–Kier alpha value is -1.11. The highest BCUT2D eigenvalue weighted by Gasteiger charge is 2.21. The van der Waals surface area contributed by atoms with Crippen LogP contribution >= 0.6 is 0 Å². The molecule has 5 nitrogen and oxygen atoms in total. The Bertz CT molecular complexity index is 628. The lowest BCUT2D eigenvalue weighted by Gasteiger charge is -2.31. The zero-order chi connectivity index (χ0) is 18.5. The van der Waals surface area contributed by atoms with Crippen LogP contribution in [0.15, 0.2) is 24.3 Å². The van der Waals surface area contributed by atoms with Gasteiger partial charge in [0.05, 0.1) is 12.9 Å². The zero-order valence-corrected chi connectivity index (χ0v) is 16.7. The van der Waals surface area contributed by atoms with Gasteiger partial charge in [-0.2, -0.15) is 0 Å². The molecule has 0 unspecified atom stereocenters. The van der Waals surface area contributed by atoms with Crippen molar-refractivity contribution in [2.45, 2.75) is 51.5 Å². The average Bonchev–Trinajstić information content (AvgIpc) is 2.51. The number of benzene rings is 1. The second kappa shape index (κ2) is 8.52. The van der Waals surface area contributed by atoms with Crippen LogP contribution in [0, 0.1) is 0 Å². The van der Waals surface area contributed by atoms with Gasteiger partial charge < -0.3 is 9.64 Å². The van der Waals surface area contributed by atoms with E-state index >= 15 is 0 Å². The van der Waals surface area contributed by atoms with E-state index in [1.54, 1.807) is 0 Å². The van der Waals surface area contributed by atoms with Crippen LogP contribution < -0.4 is 9.46 Å². The summed E-state index contributed by atoms with van der Waals surface area (Å²) in [6.45, 7) is 10.2. The van der Waals surface area contributed by atoms with Crippen LogP contribution in [0.5, 0.6) is 5.75 Å². The summed E-state index contributed by atoms with van der Waals surface area (Å²) in [6.07, 6.45) is 3.96. The molecule has 25 heavy (non-hydrogen) atoms. The van der Waals surface area contributed by atoms with Crippen molar-refractivity contribution >= 4 is 10.0 Å². The summed E-state index contributed by atoms with van der Waals surface area (Å²) < 4.78 is 31.1. The molecule has 6 heteroatoms. The Morgan fingerprint density at radius 1 is 1.16 bits per heavy atom. The number of nitrogens with one attached hydrogen (secondary N) is 1. The van der Waals surface area contributed by atoms with Crippen LogP contribution in [-0.2, 0) is 15.4 Å². The van der Waals surface area contributed by atoms with Gasteiger partial charge >= 0.3 is 0 Å². The van der Waals surface area contributed by atoms with Crippen molar-refractivity contribution in [2.24, 2.45) is 0 Å². The second-order valence-electron chi connectivity index (χ2n) is 7.98. The Labute approximate surface area is 152 Å². The van der Waals surface area contributed by atoms with Crippen molar-refractivity contribution in [1.29, 1.82) is 0 Å². The molecule has 1 aliphatic heterocycles. The van der Waals surface area contributed by atoms with E-state index in [1.165, 1.54) is 11.8 Å². The third-order valence-electron chi connectivity index (χ3n) is 4.58. The quantitative estimate of drug-likeness (QED) is 0.752. The SMILES string of the molecule is CC(C)(C)c1ccc(OCCCN2CCC(NS(C)(=O)=O)CC2)cc1. The first-order valence-electron chi connectivity index (χ1n) is 9.06. The smallest absolute Gasteiger partial charge is 0.208 e. The van der Waals surface area contributed by atoms with E-state index in [4.69, 9.17) is 4.74 Å². The van der Waals surface area contributed by atoms with E-state index in [0.29, 0.717) is 6.61 Å². The predicted octanol–water partition coefficient (Wildman–Crippen LogP) is 2.77. The molecular weight excluding hydrogens is 336 g/mol. The second-order valence-corrected chi connectivity index (χ2v) is 9.76. The molecule has 0 bridgehead atoms. The summed E-state index contributed by atoms with van der Waals surface area (Å²) in [5.41, 5.74) is 1.47. The predicted molar refractivity (Wildman–Crippen MR) is 103 cm³/mol. The van der Waals surface area contributed by atoms with Gasteiger partial charge in [-0.15, -0.1) is 0 Å². The van der Waals surface area contributed by atoms with Gasteiger partial charge in [0.15, 0.2) is 0 Å². The van der Waals surface area contributed by atoms with Crippen molar-refractivity contribution < 1.29 is 13.2 Å². The summed E-state index contributed by atoms with van der Waals surface area (Å²) in [5.74, 6) is 0.920. The van der Waals surface area contributed by atoms with E-state index in [1.807, 2.05) is 12.1 Å². The van der Waals surface area contributed by atoms with Gasteiger partial charge in [-0.3, -0.25) is 0 Å². The lowest BCUT2D eigenvalue weighted by atomic mass is 9.87. The number of hydrogen-bond donors (Lipinski definition) is 1. The minimum Gasteiger partial charge on any atom is -0.494 e. The van der Waals surface area contributed by atoms with Gasteiger partial charge in [0.1, 0.15) is 5.75 Å². The van der Waals surface area contributed by atoms with Crippen molar-refractivity contribution in [1.82, 2.24) is 9.62 Å². The molecule has 1 aromatic carbocycles. The normalized spacial score (nSPS) is 17.6. The molecule has 1 fully saturated rings. The molecular formula is C19H32N2O3S. The number of nitrogens with zero attached hydrogens (tertiary/aromatic N) is 1. The fraction of sp³-hybridized carbons (Fsp3) is 0.684. The monoisotopic (exact) mass is 368 g/mol. The Kier molecular flexibility index (Phi) is 6.88. The first-order valence-corrected chi connectivity index (χ1v) is 11.0. The maximum Gasteiger partial charge on any atom is 0.208 e. The molecule has 0 spiro atoms. The largest absolute Gasteiger partial charge is 0.494 e. The number of ether oxygens (including phenoxy) is 1. The zero-order valence-electron chi connectivity index (χ0n) is 15.9. The highest BCUT2D eigenvalue weighted by molar-refractivity contribution is 7.88. The standard InChI is InChI=1S/C19H32N2O3S/c1-19(2,3)16-6-8-18(9-7-16)24-15-5-12-21-13-10-17(11-14-21)20-25(4,22)23/h6-9,17,20H,5,10-15H2,1-4H3. The van der Waals surface area contributed by atoms with Crippen LogP contribution in [0.2, 0.25) is 0 Å². The molecule has 0 aliphatic carbocycles. The van der Waals surface area contributed by atoms with Gasteiger partial charge in [-0.25, -0.2) is 13.1 Å². The summed E-state index contributed by atoms with van der Waals surface area (Å²) in [4.78, 5) is 2.38. The van der Waals surface area contributed by atoms with Crippen LogP contribution in [0.4, 0.5) is 0 Å². The first kappa shape index (κ1) is 20.2. The third kappa shape index (κ3) is 7.34. The van der Waals surface area contributed by atoms with Crippen molar-refractivity contribution in [3.05, 3.63) is 29.8 Å². The molecule has 0 atom stereocenters. The summed E-state index contributed by atoms with van der Waals surface area (Å²) in [6, 6.07) is 8.44. The molecule has 1 N–H and O–H groups in total. The fourth-order valence-electron chi connectivity index (χ4n) is 3.11. The molecule has 0 radical (unpaired) electrons. The van der Waals surface area contributed by atoms with E-state index in [-0.39, 0.29) is 11.5 Å². The molecule has 2 rings (SSSR count). The Balaban J connectivity index is 1.64. The van der Waals surface area contributed by atoms with E-state index in [0.717, 1.165) is 44.6 Å². The van der Waals surface area contributed by atoms with Crippen LogP contribution in [-0.4, -0.2) is 51.9 Å². The van der Waals surface area contributed by atoms with Crippen LogP contribution in [0.3, 0.4) is 0 Å². The maximum absolute atomic E-state index is 11.3. The summed E-state index contributed by atoms with van der Waals surface area (Å²) >= 11 is 0. The Morgan fingerprint density at radius 2 is 1.76 bits per heavy atom. The number of hydrogen-bond acceptors (Lipinski definition) is 4. The lowest BCUT2D eigenvalue weighted by molar-refractivity contribution is 0.189. The molecule has 142 valence electrons. The van der Waals surface area contributed by atoms with Gasteiger partial charge in [0, 0.05) is 12.6 Å². The number of sulfonamides is 1. The van der Waals surface area contributed by atoms with Gasteiger partial charge in [-0.1, -0.05) is 32.9 Å². The summed E-state index contributed by atoms with van der Waals surface area (Å²) in [5, 5.41) is 0. The number of piperidine rings is 1. The fourth-order valence-corrected chi connectivity index (χ4v) is 3.95. The maximum atomic E-state index is 11.3. The minimum absolute atomic E-state index is 0.0869. The molecule has 0 amide bonds. The van der Waals surface area contributed by atoms with Crippen molar-refractivity contribution in [3.8, 4) is 5.75 Å². The van der Waals surface area contributed by atoms with E-state index < -0.39 is 10.0 Å². The van der Waals surface area contributed by atoms with Gasteiger partial charge in [0.2, 0.25) is 10.0 Å². The third-order valence-corrected chi connectivity index (χ3v) is 5.34. The van der Waals surface area contributed by atoms with E-state index in [2.05, 4.69) is 42.5 Å². The van der Waals surface area contributed by atoms with Crippen LogP contribution in [0.1, 0.15) is 45.6 Å². The van der Waals surface area contributed by atoms with Gasteiger partial charge in [0.25, 0.3) is 0 Å². The molecule has 1 aromatic rings. The lowest BCUT2D eigenvalue weighted by Crippen LogP contribution is -2.44. The average molecular weight is 369 g/mol. The van der Waals surface area contributed by atoms with Crippen LogP contribution in [0.25, 0.3) is 0 Å². The topological polar surface area (TPSA) is 58.6 Å². The molecule has 0 aromatic heterocycles. The summed E-state index contributed by atoms with van der Waals surface area (Å²) in [7, 11) is -3.09. The van der Waals surface area contributed by atoms with Crippen molar-refractivity contribution in [3.63, 3.8) is 0 Å². The molecule has 1 saturated heterocycles.